The Morgan fingerprint density at radius 1 is 1.50 bits per heavy atom. The summed E-state index contributed by atoms with van der Waals surface area (Å²) in [4.78, 5) is 25.0. The summed E-state index contributed by atoms with van der Waals surface area (Å²) in [7, 11) is 1.61. The monoisotopic (exact) mass is 276 g/mol. The number of methoxy groups -OCH3 is 1. The molecule has 3 N–H and O–H groups in total. The third kappa shape index (κ3) is 3.47. The molecular weight excluding hydrogens is 260 g/mol. The molecule has 1 unspecified atom stereocenters. The number of rotatable bonds is 5. The van der Waals surface area contributed by atoms with Crippen LogP contribution in [0.25, 0.3) is 0 Å². The van der Waals surface area contributed by atoms with Gasteiger partial charge in [0, 0.05) is 6.04 Å². The predicted molar refractivity (Wildman–Crippen MR) is 72.8 cm³/mol. The third-order valence-corrected chi connectivity index (χ3v) is 2.77. The molecule has 1 amide bonds. The Bertz CT molecular complexity index is 647. The molecule has 1 aromatic carbocycles. The third-order valence-electron chi connectivity index (χ3n) is 2.77. The maximum absolute atomic E-state index is 11.8. The summed E-state index contributed by atoms with van der Waals surface area (Å²) >= 11 is 0. The van der Waals surface area contributed by atoms with E-state index in [1.54, 1.807) is 7.11 Å². The van der Waals surface area contributed by atoms with Crippen LogP contribution in [0.3, 0.4) is 0 Å². The van der Waals surface area contributed by atoms with Crippen LogP contribution in [0.15, 0.2) is 29.1 Å². The number of nitrogens with one attached hydrogen (secondary N) is 3. The Balaban J connectivity index is 1.96. The summed E-state index contributed by atoms with van der Waals surface area (Å²) in [5.41, 5.74) is 0.545. The van der Waals surface area contributed by atoms with Gasteiger partial charge >= 0.3 is 5.69 Å². The van der Waals surface area contributed by atoms with E-state index >= 15 is 0 Å². The van der Waals surface area contributed by atoms with Gasteiger partial charge < -0.3 is 10.1 Å². The fourth-order valence-electron chi connectivity index (χ4n) is 1.87. The minimum absolute atomic E-state index is 0.0208. The van der Waals surface area contributed by atoms with Crippen molar-refractivity contribution in [3.63, 3.8) is 0 Å². The topological polar surface area (TPSA) is 99.9 Å². The number of carbonyl (C=O) groups is 1. The van der Waals surface area contributed by atoms with Crippen LogP contribution in [0.4, 0.5) is 0 Å². The highest BCUT2D eigenvalue weighted by Gasteiger charge is 2.13. The van der Waals surface area contributed by atoms with Crippen LogP contribution >= 0.6 is 0 Å². The second-order valence-electron chi connectivity index (χ2n) is 4.46. The number of nitrogens with zero attached hydrogens (tertiary/aromatic N) is 1. The first-order valence-corrected chi connectivity index (χ1v) is 6.17. The van der Waals surface area contributed by atoms with Gasteiger partial charge in [-0.15, -0.1) is 5.10 Å². The van der Waals surface area contributed by atoms with Crippen molar-refractivity contribution in [2.75, 3.05) is 7.11 Å². The quantitative estimate of drug-likeness (QED) is 0.739. The highest BCUT2D eigenvalue weighted by Crippen LogP contribution is 2.13. The van der Waals surface area contributed by atoms with Gasteiger partial charge in [0.05, 0.1) is 7.11 Å². The van der Waals surface area contributed by atoms with Gasteiger partial charge in [0.15, 0.2) is 0 Å². The lowest BCUT2D eigenvalue weighted by molar-refractivity contribution is 0.0930. The van der Waals surface area contributed by atoms with Crippen molar-refractivity contribution in [1.82, 2.24) is 20.5 Å². The SMILES string of the molecule is COc1cccc(CC(C)NC(=O)c2n[nH]c(=O)[nH]2)c1. The number of carbonyl (C=O) groups excluding carboxylic acids is 1. The van der Waals surface area contributed by atoms with E-state index in [9.17, 15) is 9.59 Å². The lowest BCUT2D eigenvalue weighted by atomic mass is 10.1. The molecule has 2 rings (SSSR count). The van der Waals surface area contributed by atoms with E-state index in [0.29, 0.717) is 6.42 Å². The lowest BCUT2D eigenvalue weighted by Crippen LogP contribution is -2.34. The molecule has 20 heavy (non-hydrogen) atoms. The second kappa shape index (κ2) is 6.05. The number of H-pyrrole nitrogens is 2. The minimum Gasteiger partial charge on any atom is -0.497 e. The van der Waals surface area contributed by atoms with Gasteiger partial charge in [-0.3, -0.25) is 9.78 Å². The largest absolute Gasteiger partial charge is 0.497 e. The van der Waals surface area contributed by atoms with E-state index < -0.39 is 11.6 Å². The summed E-state index contributed by atoms with van der Waals surface area (Å²) in [5.74, 6) is 0.337. The lowest BCUT2D eigenvalue weighted by Gasteiger charge is -2.13. The first-order chi connectivity index (χ1) is 9.58. The maximum Gasteiger partial charge on any atom is 0.341 e. The van der Waals surface area contributed by atoms with Crippen LogP contribution in [0, 0.1) is 0 Å². The van der Waals surface area contributed by atoms with E-state index in [1.807, 2.05) is 31.2 Å². The fourth-order valence-corrected chi connectivity index (χ4v) is 1.87. The van der Waals surface area contributed by atoms with Crippen LogP contribution < -0.4 is 15.7 Å². The molecule has 0 saturated carbocycles. The fraction of sp³-hybridized carbons (Fsp3) is 0.308. The molecule has 0 spiro atoms. The highest BCUT2D eigenvalue weighted by molar-refractivity contribution is 5.90. The summed E-state index contributed by atoms with van der Waals surface area (Å²) in [5, 5.41) is 8.49. The Morgan fingerprint density at radius 2 is 2.30 bits per heavy atom. The van der Waals surface area contributed by atoms with Crippen molar-refractivity contribution in [3.8, 4) is 5.75 Å². The van der Waals surface area contributed by atoms with Crippen LogP contribution in [0.2, 0.25) is 0 Å². The molecule has 0 aliphatic carbocycles. The molecule has 0 radical (unpaired) electrons. The van der Waals surface area contributed by atoms with Crippen molar-refractivity contribution in [1.29, 1.82) is 0 Å². The predicted octanol–water partition coefficient (Wildman–Crippen LogP) is 0.468. The molecule has 0 aliphatic heterocycles. The Hall–Kier alpha value is -2.57. The number of hydrogen-bond acceptors (Lipinski definition) is 4. The zero-order chi connectivity index (χ0) is 14.5. The summed E-state index contributed by atoms with van der Waals surface area (Å²) in [6, 6.07) is 7.53. The van der Waals surface area contributed by atoms with E-state index in [-0.39, 0.29) is 11.9 Å². The Kier molecular flexibility index (Phi) is 4.19. The van der Waals surface area contributed by atoms with Crippen LogP contribution in [0.1, 0.15) is 23.1 Å². The number of benzene rings is 1. The zero-order valence-electron chi connectivity index (χ0n) is 11.3. The number of ether oxygens (including phenoxy) is 1. The first-order valence-electron chi connectivity index (χ1n) is 6.17. The summed E-state index contributed by atoms with van der Waals surface area (Å²) in [6.45, 7) is 1.88. The van der Waals surface area contributed by atoms with E-state index in [2.05, 4.69) is 20.5 Å². The van der Waals surface area contributed by atoms with Crippen LogP contribution in [0.5, 0.6) is 5.75 Å². The van der Waals surface area contributed by atoms with Crippen LogP contribution in [-0.4, -0.2) is 34.2 Å². The molecule has 2 aromatic rings. The number of aromatic nitrogens is 3. The number of aromatic amines is 2. The van der Waals surface area contributed by atoms with Gasteiger partial charge in [0.25, 0.3) is 5.91 Å². The molecule has 0 aliphatic rings. The maximum atomic E-state index is 11.8. The molecule has 0 bridgehead atoms. The highest BCUT2D eigenvalue weighted by atomic mass is 16.5. The van der Waals surface area contributed by atoms with E-state index in [0.717, 1.165) is 11.3 Å². The van der Waals surface area contributed by atoms with Crippen molar-refractivity contribution in [2.45, 2.75) is 19.4 Å². The van der Waals surface area contributed by atoms with Crippen molar-refractivity contribution in [2.24, 2.45) is 0 Å². The van der Waals surface area contributed by atoms with Gasteiger partial charge in [-0.1, -0.05) is 12.1 Å². The van der Waals surface area contributed by atoms with Gasteiger partial charge in [0.1, 0.15) is 5.75 Å². The molecule has 1 heterocycles. The van der Waals surface area contributed by atoms with Crippen LogP contribution in [-0.2, 0) is 6.42 Å². The minimum atomic E-state index is -0.504. The van der Waals surface area contributed by atoms with Crippen molar-refractivity contribution >= 4 is 5.91 Å². The second-order valence-corrected chi connectivity index (χ2v) is 4.46. The molecule has 1 atom stereocenters. The van der Waals surface area contributed by atoms with Gasteiger partial charge in [0.2, 0.25) is 5.82 Å². The van der Waals surface area contributed by atoms with Crippen molar-refractivity contribution in [3.05, 3.63) is 46.1 Å². The zero-order valence-corrected chi connectivity index (χ0v) is 11.3. The Morgan fingerprint density at radius 3 is 2.95 bits per heavy atom. The summed E-state index contributed by atoms with van der Waals surface area (Å²) in [6.07, 6.45) is 0.650. The molecule has 0 saturated heterocycles. The molecule has 7 nitrogen and oxygen atoms in total. The molecule has 7 heteroatoms. The Labute approximate surface area is 115 Å². The molecular formula is C13H16N4O3. The molecule has 0 fully saturated rings. The van der Waals surface area contributed by atoms with E-state index in [1.165, 1.54) is 0 Å². The normalized spacial score (nSPS) is 11.9. The standard InChI is InChI=1S/C13H16N4O3/c1-8(6-9-4-3-5-10(7-9)20-2)14-12(18)11-15-13(19)17-16-11/h3-5,7-8H,6H2,1-2H3,(H,14,18)(H2,15,16,17,19). The van der Waals surface area contributed by atoms with Gasteiger partial charge in [-0.2, -0.15) is 0 Å². The average Bonchev–Trinajstić information content (AvgIpc) is 2.85. The number of amides is 1. The smallest absolute Gasteiger partial charge is 0.341 e. The summed E-state index contributed by atoms with van der Waals surface area (Å²) < 4.78 is 5.15. The number of hydrogen-bond donors (Lipinski definition) is 3. The average molecular weight is 276 g/mol. The van der Waals surface area contributed by atoms with Gasteiger partial charge in [-0.25, -0.2) is 9.89 Å². The molecule has 1 aromatic heterocycles. The van der Waals surface area contributed by atoms with Gasteiger partial charge in [-0.05, 0) is 31.0 Å². The molecule has 106 valence electrons. The van der Waals surface area contributed by atoms with E-state index in [4.69, 9.17) is 4.74 Å². The van der Waals surface area contributed by atoms with Crippen molar-refractivity contribution < 1.29 is 9.53 Å². The first kappa shape index (κ1) is 13.9.